The average molecular weight is 488 g/mol. The van der Waals surface area contributed by atoms with Gasteiger partial charge in [0.25, 0.3) is 10.1 Å². The normalized spacial score (nSPS) is 33.4. The van der Waals surface area contributed by atoms with Crippen LogP contribution in [0.25, 0.3) is 0 Å². The van der Waals surface area contributed by atoms with E-state index in [2.05, 4.69) is 11.9 Å². The van der Waals surface area contributed by atoms with Crippen molar-refractivity contribution in [2.24, 2.45) is 5.92 Å². The molecule has 5 atom stereocenters. The lowest BCUT2D eigenvalue weighted by Gasteiger charge is -2.63. The first-order valence-electron chi connectivity index (χ1n) is 11.4. The molecule has 2 bridgehead atoms. The molecule has 0 aromatic heterocycles. The molecule has 2 aliphatic heterocycles. The zero-order valence-electron chi connectivity index (χ0n) is 19.1. The number of likely N-dealkylation sites (N-methyl/N-ethyl adjacent to an activating group) is 1. The van der Waals surface area contributed by atoms with Crippen molar-refractivity contribution in [1.82, 2.24) is 4.90 Å². The van der Waals surface area contributed by atoms with Gasteiger partial charge in [-0.05, 0) is 56.5 Å². The summed E-state index contributed by atoms with van der Waals surface area (Å²) in [5.41, 5.74) is 1.27. The Morgan fingerprint density at radius 1 is 1.18 bits per heavy atom. The average Bonchev–Trinajstić information content (AvgIpc) is 3.11. The molecule has 0 radical (unpaired) electrons. The zero-order chi connectivity index (χ0) is 24.5. The van der Waals surface area contributed by atoms with Crippen molar-refractivity contribution < 1.29 is 32.7 Å². The van der Waals surface area contributed by atoms with Gasteiger partial charge >= 0.3 is 0 Å². The van der Waals surface area contributed by atoms with Crippen LogP contribution in [0.4, 0.5) is 0 Å². The van der Waals surface area contributed by atoms with Crippen LogP contribution in [0.1, 0.15) is 29.5 Å². The zero-order valence-corrected chi connectivity index (χ0v) is 20.0. The van der Waals surface area contributed by atoms with Crippen molar-refractivity contribution >= 4 is 15.9 Å². The molecule has 34 heavy (non-hydrogen) atoms. The fraction of sp³-hybridized carbons (Fsp3) is 0.480. The number of benzene rings is 2. The number of hydrogen-bond acceptors (Lipinski definition) is 7. The minimum atomic E-state index is -3.67. The number of nitrogens with zero attached hydrogens (tertiary/aromatic N) is 1. The van der Waals surface area contributed by atoms with E-state index in [0.29, 0.717) is 37.7 Å². The molecule has 2 heterocycles. The monoisotopic (exact) mass is 487 g/mol. The Morgan fingerprint density at radius 3 is 2.53 bits per heavy atom. The van der Waals surface area contributed by atoms with E-state index >= 15 is 0 Å². The Hall–Kier alpha value is -2.46. The lowest BCUT2D eigenvalue weighted by molar-refractivity contribution is -0.194. The van der Waals surface area contributed by atoms with Crippen molar-refractivity contribution in [3.05, 3.63) is 59.2 Å². The number of aromatic hydroxyl groups is 1. The van der Waals surface area contributed by atoms with Gasteiger partial charge in [0.2, 0.25) is 0 Å². The number of aliphatic hydroxyl groups is 1. The number of likely N-dealkylation sites (tertiary alicyclic amines) is 1. The van der Waals surface area contributed by atoms with Crippen molar-refractivity contribution in [2.45, 2.75) is 48.8 Å². The van der Waals surface area contributed by atoms with Crippen molar-refractivity contribution in [3.8, 4) is 11.5 Å². The molecule has 9 heteroatoms. The number of hydrogen-bond donors (Lipinski definition) is 3. The third kappa shape index (κ3) is 3.37. The van der Waals surface area contributed by atoms with E-state index in [1.54, 1.807) is 6.07 Å². The number of phenols is 1. The molecule has 1 saturated carbocycles. The molecule has 2 aromatic rings. The molecular formula is C25H29NO7S. The number of ether oxygens (including phenoxy) is 1. The highest BCUT2D eigenvalue weighted by Gasteiger charge is 2.74. The molecule has 4 aliphatic rings. The minimum Gasteiger partial charge on any atom is -0.504 e. The van der Waals surface area contributed by atoms with Gasteiger partial charge in [-0.2, -0.15) is 8.42 Å². The number of carbonyl (C=O) groups is 1. The second-order valence-corrected chi connectivity index (χ2v) is 11.5. The van der Waals surface area contributed by atoms with Crippen molar-refractivity contribution in [3.63, 3.8) is 0 Å². The van der Waals surface area contributed by atoms with Crippen LogP contribution in [0, 0.1) is 5.92 Å². The lowest BCUT2D eigenvalue weighted by Crippen LogP contribution is -2.77. The number of ketones is 1. The van der Waals surface area contributed by atoms with Crippen LogP contribution in [-0.2, 0) is 33.2 Å². The van der Waals surface area contributed by atoms with Gasteiger partial charge in [0, 0.05) is 17.5 Å². The van der Waals surface area contributed by atoms with Gasteiger partial charge < -0.3 is 19.8 Å². The van der Waals surface area contributed by atoms with Crippen LogP contribution in [0.2, 0.25) is 0 Å². The van der Waals surface area contributed by atoms with E-state index in [0.717, 1.165) is 23.2 Å². The SMILES string of the molecule is CN1CC[C@]23c4c5ccc(O)c4O[C@H]2C(=O)[C@@H](Cc2ccccc2)C[C@@]3(O)[C@H]1C5.CS(=O)(=O)O. The van der Waals surface area contributed by atoms with E-state index in [1.165, 1.54) is 0 Å². The molecular weight excluding hydrogens is 458 g/mol. The first-order chi connectivity index (χ1) is 16.0. The maximum atomic E-state index is 13.7. The van der Waals surface area contributed by atoms with Gasteiger partial charge in [0.15, 0.2) is 23.4 Å². The first kappa shape index (κ1) is 23.3. The molecule has 0 unspecified atom stereocenters. The summed E-state index contributed by atoms with van der Waals surface area (Å²) in [7, 11) is -1.60. The molecule has 6 rings (SSSR count). The predicted molar refractivity (Wildman–Crippen MR) is 125 cm³/mol. The Balaban J connectivity index is 0.000000439. The van der Waals surface area contributed by atoms with Crippen LogP contribution in [0.3, 0.4) is 0 Å². The van der Waals surface area contributed by atoms with Gasteiger partial charge in [-0.3, -0.25) is 9.35 Å². The Bertz CT molecular complexity index is 1240. The van der Waals surface area contributed by atoms with Crippen LogP contribution in [0.5, 0.6) is 11.5 Å². The summed E-state index contributed by atoms with van der Waals surface area (Å²) < 4.78 is 32.1. The number of Topliss-reactive ketones (excluding diaryl/α,β-unsaturated/α-hetero) is 1. The van der Waals surface area contributed by atoms with Gasteiger partial charge in [-0.15, -0.1) is 0 Å². The van der Waals surface area contributed by atoms with Crippen LogP contribution in [0.15, 0.2) is 42.5 Å². The fourth-order valence-corrected chi connectivity index (χ4v) is 6.74. The van der Waals surface area contributed by atoms with E-state index < -0.39 is 27.2 Å². The summed E-state index contributed by atoms with van der Waals surface area (Å²) in [5.74, 6) is 0.250. The van der Waals surface area contributed by atoms with Gasteiger partial charge in [-0.1, -0.05) is 36.4 Å². The highest BCUT2D eigenvalue weighted by molar-refractivity contribution is 7.85. The molecule has 2 aromatic carbocycles. The third-order valence-electron chi connectivity index (χ3n) is 8.02. The molecule has 182 valence electrons. The molecule has 3 N–H and O–H groups in total. The number of phenolic OH excluding ortho intramolecular Hbond substituents is 1. The topological polar surface area (TPSA) is 124 Å². The fourth-order valence-electron chi connectivity index (χ4n) is 6.74. The van der Waals surface area contributed by atoms with Crippen molar-refractivity contribution in [1.29, 1.82) is 0 Å². The highest BCUT2D eigenvalue weighted by Crippen LogP contribution is 2.65. The number of rotatable bonds is 2. The van der Waals surface area contributed by atoms with E-state index in [9.17, 15) is 23.4 Å². The van der Waals surface area contributed by atoms with E-state index in [-0.39, 0.29) is 23.5 Å². The molecule has 2 aliphatic carbocycles. The van der Waals surface area contributed by atoms with Gasteiger partial charge in [0.05, 0.1) is 17.3 Å². The summed E-state index contributed by atoms with van der Waals surface area (Å²) >= 11 is 0. The smallest absolute Gasteiger partial charge is 0.261 e. The number of carbonyl (C=O) groups excluding carboxylic acids is 1. The second-order valence-electron chi connectivity index (χ2n) is 10.0. The summed E-state index contributed by atoms with van der Waals surface area (Å²) in [6, 6.07) is 13.5. The van der Waals surface area contributed by atoms with Crippen molar-refractivity contribution in [2.75, 3.05) is 19.8 Å². The molecule has 2 fully saturated rings. The largest absolute Gasteiger partial charge is 0.504 e. The third-order valence-corrected chi connectivity index (χ3v) is 8.02. The molecule has 1 spiro atoms. The van der Waals surface area contributed by atoms with Crippen LogP contribution >= 0.6 is 0 Å². The summed E-state index contributed by atoms with van der Waals surface area (Å²) in [4.78, 5) is 15.9. The summed E-state index contributed by atoms with van der Waals surface area (Å²) in [5, 5.41) is 22.8. The Morgan fingerprint density at radius 2 is 1.85 bits per heavy atom. The minimum absolute atomic E-state index is 0.0586. The molecule has 8 nitrogen and oxygen atoms in total. The maximum absolute atomic E-state index is 13.7. The number of piperidine rings is 1. The standard InChI is InChI=1S/C24H25NO4.CH4O3S/c1-25-10-9-23-19-15-7-8-17(26)21(19)29-22(23)20(27)16(11-14-5-3-2-4-6-14)13-24(23,28)18(25)12-15;1-5(2,3)4/h2-8,16,18,22,26,28H,9-13H2,1H3;1H3,(H,2,3,4)/t16-,18+,22-,23-,24+;/m0./s1. The lowest BCUT2D eigenvalue weighted by atomic mass is 9.47. The van der Waals surface area contributed by atoms with Gasteiger partial charge in [0.1, 0.15) is 0 Å². The van der Waals surface area contributed by atoms with Crippen LogP contribution < -0.4 is 4.74 Å². The van der Waals surface area contributed by atoms with E-state index in [1.807, 2.05) is 36.4 Å². The van der Waals surface area contributed by atoms with Gasteiger partial charge in [-0.25, -0.2) is 0 Å². The summed E-state index contributed by atoms with van der Waals surface area (Å²) in [6.07, 6.45) is 2.39. The molecule has 1 saturated heterocycles. The quantitative estimate of drug-likeness (QED) is 0.547. The Labute approximate surface area is 198 Å². The van der Waals surface area contributed by atoms with E-state index in [4.69, 9.17) is 9.29 Å². The van der Waals surface area contributed by atoms with Crippen LogP contribution in [-0.4, -0.2) is 71.5 Å². The highest BCUT2D eigenvalue weighted by atomic mass is 32.2. The second kappa shape index (κ2) is 7.78. The Kier molecular flexibility index (Phi) is 5.33. The molecule has 0 amide bonds. The summed E-state index contributed by atoms with van der Waals surface area (Å²) in [6.45, 7) is 0.804. The first-order valence-corrected chi connectivity index (χ1v) is 13.3. The predicted octanol–water partition coefficient (Wildman–Crippen LogP) is 1.72. The maximum Gasteiger partial charge on any atom is 0.261 e.